The fourth-order valence-electron chi connectivity index (χ4n) is 1.44. The first-order valence-corrected chi connectivity index (χ1v) is 5.37. The Balaban J connectivity index is 2.27. The Morgan fingerprint density at radius 2 is 1.76 bits per heavy atom. The second-order valence-corrected chi connectivity index (χ2v) is 3.99. The van der Waals surface area contributed by atoms with E-state index in [9.17, 15) is 8.78 Å². The number of aryl methyl sites for hydroxylation is 1. The summed E-state index contributed by atoms with van der Waals surface area (Å²) in [5.74, 6) is -0.488. The van der Waals surface area contributed by atoms with Gasteiger partial charge in [-0.3, -0.25) is 0 Å². The molecule has 5 heteroatoms. The van der Waals surface area contributed by atoms with Crippen LogP contribution in [0.25, 0.3) is 0 Å². The lowest BCUT2D eigenvalue weighted by Crippen LogP contribution is -2.02. The highest BCUT2D eigenvalue weighted by Gasteiger charge is 2.09. The zero-order chi connectivity index (χ0) is 12.4. The molecule has 0 fully saturated rings. The highest BCUT2D eigenvalue weighted by atomic mass is 35.5. The summed E-state index contributed by atoms with van der Waals surface area (Å²) < 4.78 is 25.9. The zero-order valence-corrected chi connectivity index (χ0v) is 9.80. The summed E-state index contributed by atoms with van der Waals surface area (Å²) in [5.41, 5.74) is 1.05. The van der Waals surface area contributed by atoms with E-state index in [2.05, 4.69) is 9.97 Å². The number of rotatable bonds is 2. The van der Waals surface area contributed by atoms with Gasteiger partial charge < -0.3 is 0 Å². The molecule has 0 unspecified atom stereocenters. The van der Waals surface area contributed by atoms with Crippen LogP contribution in [-0.4, -0.2) is 9.97 Å². The Labute approximate surface area is 102 Å². The maximum absolute atomic E-state index is 13.2. The minimum Gasteiger partial charge on any atom is -0.235 e. The van der Waals surface area contributed by atoms with Crippen molar-refractivity contribution < 1.29 is 8.78 Å². The molecule has 1 aromatic heterocycles. The summed E-state index contributed by atoms with van der Waals surface area (Å²) >= 11 is 5.62. The van der Waals surface area contributed by atoms with Crippen molar-refractivity contribution >= 4 is 11.6 Å². The van der Waals surface area contributed by atoms with Crippen molar-refractivity contribution in [3.05, 3.63) is 58.1 Å². The lowest BCUT2D eigenvalue weighted by molar-refractivity contribution is 0.597. The maximum Gasteiger partial charge on any atom is 0.181 e. The summed E-state index contributed by atoms with van der Waals surface area (Å²) in [6, 6.07) is 5.97. The van der Waals surface area contributed by atoms with Crippen molar-refractivity contribution in [1.82, 2.24) is 9.97 Å². The molecule has 0 aliphatic rings. The first-order valence-electron chi connectivity index (χ1n) is 4.99. The lowest BCUT2D eigenvalue weighted by Gasteiger charge is -2.04. The van der Waals surface area contributed by atoms with Crippen LogP contribution in [0.4, 0.5) is 8.78 Å². The lowest BCUT2D eigenvalue weighted by atomic mass is 10.1. The average molecular weight is 255 g/mol. The van der Waals surface area contributed by atoms with Gasteiger partial charge in [0.1, 0.15) is 11.6 Å². The van der Waals surface area contributed by atoms with Gasteiger partial charge in [-0.15, -0.1) is 0 Å². The second-order valence-electron chi connectivity index (χ2n) is 3.63. The molecular formula is C12H9ClF2N2. The minimum absolute atomic E-state index is 0.186. The Morgan fingerprint density at radius 3 is 2.35 bits per heavy atom. The van der Waals surface area contributed by atoms with Crippen LogP contribution in [0.3, 0.4) is 0 Å². The minimum atomic E-state index is -0.602. The maximum atomic E-state index is 13.2. The Morgan fingerprint density at radius 1 is 1.12 bits per heavy atom. The molecule has 17 heavy (non-hydrogen) atoms. The molecule has 0 radical (unpaired) electrons. The van der Waals surface area contributed by atoms with Gasteiger partial charge in [-0.2, -0.15) is 0 Å². The number of nitrogens with zero attached hydrogens (tertiary/aromatic N) is 2. The third-order valence-electron chi connectivity index (χ3n) is 2.30. The number of halogens is 3. The zero-order valence-electron chi connectivity index (χ0n) is 9.04. The van der Waals surface area contributed by atoms with E-state index in [-0.39, 0.29) is 16.7 Å². The molecule has 0 bridgehead atoms. The summed E-state index contributed by atoms with van der Waals surface area (Å²) in [5, 5.41) is -0.186. The quantitative estimate of drug-likeness (QED) is 0.769. The first kappa shape index (κ1) is 11.9. The predicted molar refractivity (Wildman–Crippen MR) is 60.9 cm³/mol. The molecule has 1 aromatic carbocycles. The highest BCUT2D eigenvalue weighted by molar-refractivity contribution is 6.29. The molecule has 0 spiro atoms. The average Bonchev–Trinajstić information content (AvgIpc) is 2.29. The van der Waals surface area contributed by atoms with Crippen molar-refractivity contribution in [3.63, 3.8) is 0 Å². The molecule has 0 amide bonds. The van der Waals surface area contributed by atoms with E-state index >= 15 is 0 Å². The topological polar surface area (TPSA) is 25.8 Å². The van der Waals surface area contributed by atoms with E-state index in [1.165, 1.54) is 19.1 Å². The molecule has 2 rings (SSSR count). The van der Waals surface area contributed by atoms with Gasteiger partial charge in [-0.1, -0.05) is 23.7 Å². The summed E-state index contributed by atoms with van der Waals surface area (Å²) in [4.78, 5) is 7.82. The first-order chi connectivity index (χ1) is 8.06. The van der Waals surface area contributed by atoms with Gasteiger partial charge in [0, 0.05) is 6.42 Å². The molecule has 0 N–H and O–H groups in total. The van der Waals surface area contributed by atoms with Crippen LogP contribution in [0.15, 0.2) is 24.3 Å². The van der Waals surface area contributed by atoms with Crippen molar-refractivity contribution in [2.45, 2.75) is 13.3 Å². The van der Waals surface area contributed by atoms with Crippen LogP contribution in [-0.2, 0) is 6.42 Å². The fraction of sp³-hybridized carbons (Fsp3) is 0.167. The molecule has 2 nitrogen and oxygen atoms in total. The van der Waals surface area contributed by atoms with Gasteiger partial charge in [0.2, 0.25) is 0 Å². The summed E-state index contributed by atoms with van der Waals surface area (Å²) in [7, 11) is 0. The third kappa shape index (κ3) is 2.77. The molecule has 0 aliphatic heterocycles. The van der Waals surface area contributed by atoms with Gasteiger partial charge in [-0.05, 0) is 24.6 Å². The molecule has 88 valence electrons. The van der Waals surface area contributed by atoms with Gasteiger partial charge in [0.05, 0.1) is 5.69 Å². The monoisotopic (exact) mass is 254 g/mol. The van der Waals surface area contributed by atoms with E-state index in [4.69, 9.17) is 11.6 Å². The summed E-state index contributed by atoms with van der Waals surface area (Å²) in [6.07, 6.45) is 0.390. The fourth-order valence-corrected chi connectivity index (χ4v) is 1.68. The van der Waals surface area contributed by atoms with Crippen LogP contribution in [0, 0.1) is 18.6 Å². The number of hydrogen-bond donors (Lipinski definition) is 0. The molecule has 0 saturated carbocycles. The van der Waals surface area contributed by atoms with E-state index in [0.717, 1.165) is 5.56 Å². The Kier molecular flexibility index (Phi) is 3.33. The van der Waals surface area contributed by atoms with Crippen molar-refractivity contribution in [3.8, 4) is 0 Å². The standard InChI is InChI=1S/C12H9ClF2N2/c1-7-11(15)12(13)17-10(16-7)6-8-2-4-9(14)5-3-8/h2-5H,6H2,1H3. The Bertz CT molecular complexity index is 518. The molecular weight excluding hydrogens is 246 g/mol. The van der Waals surface area contributed by atoms with E-state index in [1.807, 2.05) is 0 Å². The normalized spacial score (nSPS) is 10.6. The smallest absolute Gasteiger partial charge is 0.181 e. The molecule has 1 heterocycles. The van der Waals surface area contributed by atoms with Crippen LogP contribution in [0.2, 0.25) is 5.15 Å². The van der Waals surface area contributed by atoms with Crippen LogP contribution >= 0.6 is 11.6 Å². The van der Waals surface area contributed by atoms with E-state index in [0.29, 0.717) is 12.2 Å². The molecule has 2 aromatic rings. The highest BCUT2D eigenvalue weighted by Crippen LogP contribution is 2.15. The van der Waals surface area contributed by atoms with Gasteiger partial charge >= 0.3 is 0 Å². The molecule has 0 saturated heterocycles. The summed E-state index contributed by atoms with van der Waals surface area (Å²) in [6.45, 7) is 1.52. The van der Waals surface area contributed by atoms with Crippen LogP contribution < -0.4 is 0 Å². The van der Waals surface area contributed by atoms with Crippen LogP contribution in [0.1, 0.15) is 17.1 Å². The predicted octanol–water partition coefficient (Wildman–Crippen LogP) is 3.31. The van der Waals surface area contributed by atoms with Crippen molar-refractivity contribution in [1.29, 1.82) is 0 Å². The van der Waals surface area contributed by atoms with Gasteiger partial charge in [0.15, 0.2) is 11.0 Å². The van der Waals surface area contributed by atoms with Crippen molar-refractivity contribution in [2.24, 2.45) is 0 Å². The van der Waals surface area contributed by atoms with E-state index in [1.54, 1.807) is 12.1 Å². The van der Waals surface area contributed by atoms with Gasteiger partial charge in [0.25, 0.3) is 0 Å². The molecule has 0 atom stereocenters. The Hall–Kier alpha value is -1.55. The number of aromatic nitrogens is 2. The molecule has 0 aliphatic carbocycles. The number of benzene rings is 1. The third-order valence-corrected chi connectivity index (χ3v) is 2.55. The van der Waals surface area contributed by atoms with Crippen molar-refractivity contribution in [2.75, 3.05) is 0 Å². The van der Waals surface area contributed by atoms with E-state index < -0.39 is 5.82 Å². The number of hydrogen-bond acceptors (Lipinski definition) is 2. The SMILES string of the molecule is Cc1nc(Cc2ccc(F)cc2)nc(Cl)c1F. The largest absolute Gasteiger partial charge is 0.235 e. The van der Waals surface area contributed by atoms with Crippen LogP contribution in [0.5, 0.6) is 0 Å². The van der Waals surface area contributed by atoms with Gasteiger partial charge in [-0.25, -0.2) is 18.7 Å². The second kappa shape index (κ2) is 4.75.